The Morgan fingerprint density at radius 3 is 2.67 bits per heavy atom. The van der Waals surface area contributed by atoms with Gasteiger partial charge in [-0.1, -0.05) is 36.4 Å². The lowest BCUT2D eigenvalue weighted by atomic mass is 9.97. The first-order valence-corrected chi connectivity index (χ1v) is 8.67. The maximum atomic E-state index is 12.9. The van der Waals surface area contributed by atoms with Gasteiger partial charge in [0, 0.05) is 23.5 Å². The largest absolute Gasteiger partial charge is 0.464 e. The number of anilines is 2. The predicted octanol–water partition coefficient (Wildman–Crippen LogP) is 3.74. The molecule has 2 atom stereocenters. The van der Waals surface area contributed by atoms with Crippen molar-refractivity contribution in [3.8, 4) is 0 Å². The van der Waals surface area contributed by atoms with Crippen LogP contribution < -0.4 is 9.80 Å². The van der Waals surface area contributed by atoms with Gasteiger partial charge in [-0.15, -0.1) is 0 Å². The third kappa shape index (κ3) is 2.33. The predicted molar refractivity (Wildman–Crippen MR) is 95.1 cm³/mol. The Hall–Kier alpha value is -2.49. The molecule has 2 aliphatic heterocycles. The first-order chi connectivity index (χ1) is 11.8. The lowest BCUT2D eigenvalue weighted by Gasteiger charge is -2.47. The maximum absolute atomic E-state index is 12.9. The number of carbonyl (C=O) groups excluding carboxylic acids is 1. The van der Waals surface area contributed by atoms with Crippen molar-refractivity contribution in [3.63, 3.8) is 0 Å². The van der Waals surface area contributed by atoms with Gasteiger partial charge in [-0.25, -0.2) is 4.79 Å². The molecular formula is C20H22N2O2. The Labute approximate surface area is 142 Å². The number of hydrogen-bond donors (Lipinski definition) is 0. The van der Waals surface area contributed by atoms with E-state index in [4.69, 9.17) is 4.74 Å². The summed E-state index contributed by atoms with van der Waals surface area (Å²) in [6.45, 7) is 3.29. The standard InChI is InChI=1S/C20H22N2O2/c1-2-24-20(23)19-16-11-6-7-12-17(16)21-14-8-13-18(21)22(19)15-9-4-3-5-10-15/h3-7,9-12,18-19H,2,8,13-14H2,1H3/t18-,19+/m1/s1. The Balaban J connectivity index is 1.87. The molecule has 0 aromatic heterocycles. The topological polar surface area (TPSA) is 32.8 Å². The van der Waals surface area contributed by atoms with E-state index in [1.54, 1.807) is 0 Å². The Kier molecular flexibility index (Phi) is 3.89. The molecule has 2 heterocycles. The Morgan fingerprint density at radius 2 is 1.88 bits per heavy atom. The van der Waals surface area contributed by atoms with Crippen LogP contribution in [0.5, 0.6) is 0 Å². The molecule has 2 aromatic rings. The van der Waals surface area contributed by atoms with Crippen LogP contribution in [0.1, 0.15) is 31.4 Å². The normalized spacial score (nSPS) is 22.0. The van der Waals surface area contributed by atoms with E-state index in [1.165, 1.54) is 5.69 Å². The smallest absolute Gasteiger partial charge is 0.333 e. The van der Waals surface area contributed by atoms with Gasteiger partial charge in [0.05, 0.1) is 6.61 Å². The van der Waals surface area contributed by atoms with E-state index in [2.05, 4.69) is 40.1 Å². The van der Waals surface area contributed by atoms with E-state index >= 15 is 0 Å². The van der Waals surface area contributed by atoms with Crippen molar-refractivity contribution in [1.29, 1.82) is 0 Å². The summed E-state index contributed by atoms with van der Waals surface area (Å²) in [6.07, 6.45) is 2.40. The number of fused-ring (bicyclic) bond motifs is 3. The monoisotopic (exact) mass is 322 g/mol. The van der Waals surface area contributed by atoms with Gasteiger partial charge in [0.1, 0.15) is 6.17 Å². The fourth-order valence-electron chi connectivity index (χ4n) is 4.00. The zero-order valence-corrected chi connectivity index (χ0v) is 13.9. The molecule has 0 N–H and O–H groups in total. The minimum Gasteiger partial charge on any atom is -0.464 e. The van der Waals surface area contributed by atoms with Crippen LogP contribution >= 0.6 is 0 Å². The van der Waals surface area contributed by atoms with Crippen LogP contribution in [0.2, 0.25) is 0 Å². The van der Waals surface area contributed by atoms with Gasteiger partial charge < -0.3 is 14.5 Å². The van der Waals surface area contributed by atoms with Crippen LogP contribution in [0.25, 0.3) is 0 Å². The molecular weight excluding hydrogens is 300 g/mol. The molecule has 0 aliphatic carbocycles. The van der Waals surface area contributed by atoms with Crippen molar-refractivity contribution < 1.29 is 9.53 Å². The van der Waals surface area contributed by atoms with E-state index < -0.39 is 0 Å². The second kappa shape index (κ2) is 6.19. The van der Waals surface area contributed by atoms with Crippen molar-refractivity contribution in [2.45, 2.75) is 32.0 Å². The molecule has 0 radical (unpaired) electrons. The van der Waals surface area contributed by atoms with Gasteiger partial charge in [0.15, 0.2) is 6.04 Å². The van der Waals surface area contributed by atoms with Gasteiger partial charge in [-0.3, -0.25) is 0 Å². The summed E-state index contributed by atoms with van der Waals surface area (Å²) in [5.41, 5.74) is 3.28. The number of benzene rings is 2. The van der Waals surface area contributed by atoms with Crippen molar-refractivity contribution >= 4 is 17.3 Å². The highest BCUT2D eigenvalue weighted by Gasteiger charge is 2.44. The number of rotatable bonds is 3. The number of ether oxygens (including phenoxy) is 1. The molecule has 124 valence electrons. The number of carbonyl (C=O) groups is 1. The second-order valence-electron chi connectivity index (χ2n) is 6.27. The summed E-state index contributed by atoms with van der Waals surface area (Å²) in [4.78, 5) is 17.5. The fraction of sp³-hybridized carbons (Fsp3) is 0.350. The molecule has 1 fully saturated rings. The number of nitrogens with zero attached hydrogens (tertiary/aromatic N) is 2. The average molecular weight is 322 g/mol. The van der Waals surface area contributed by atoms with E-state index in [0.717, 1.165) is 30.6 Å². The maximum Gasteiger partial charge on any atom is 0.333 e. The highest BCUT2D eigenvalue weighted by molar-refractivity contribution is 5.86. The number of para-hydroxylation sites is 2. The summed E-state index contributed by atoms with van der Waals surface area (Å²) in [5, 5.41) is 0. The van der Waals surface area contributed by atoms with Crippen molar-refractivity contribution in [1.82, 2.24) is 0 Å². The van der Waals surface area contributed by atoms with Crippen LogP contribution in [0, 0.1) is 0 Å². The summed E-state index contributed by atoms with van der Waals surface area (Å²) in [5.74, 6) is -0.166. The quantitative estimate of drug-likeness (QED) is 0.806. The molecule has 0 unspecified atom stereocenters. The van der Waals surface area contributed by atoms with Gasteiger partial charge in [0.25, 0.3) is 0 Å². The highest BCUT2D eigenvalue weighted by Crippen LogP contribution is 2.45. The van der Waals surface area contributed by atoms with E-state index in [0.29, 0.717) is 6.61 Å². The van der Waals surface area contributed by atoms with Crippen molar-refractivity contribution in [2.75, 3.05) is 23.0 Å². The molecule has 0 bridgehead atoms. The zero-order valence-electron chi connectivity index (χ0n) is 13.9. The molecule has 4 heteroatoms. The van der Waals surface area contributed by atoms with Crippen molar-refractivity contribution in [3.05, 3.63) is 60.2 Å². The Morgan fingerprint density at radius 1 is 1.12 bits per heavy atom. The van der Waals surface area contributed by atoms with Crippen molar-refractivity contribution in [2.24, 2.45) is 0 Å². The van der Waals surface area contributed by atoms with Crippen LogP contribution in [0.4, 0.5) is 11.4 Å². The van der Waals surface area contributed by atoms with Crippen LogP contribution in [-0.4, -0.2) is 25.3 Å². The molecule has 0 saturated carbocycles. The first-order valence-electron chi connectivity index (χ1n) is 8.67. The fourth-order valence-corrected chi connectivity index (χ4v) is 4.00. The molecule has 0 spiro atoms. The molecule has 4 rings (SSSR count). The lowest BCUT2D eigenvalue weighted by molar-refractivity contribution is -0.145. The van der Waals surface area contributed by atoms with Gasteiger partial charge >= 0.3 is 5.97 Å². The summed E-state index contributed by atoms with van der Waals surface area (Å²) >= 11 is 0. The van der Waals surface area contributed by atoms with Gasteiger partial charge in [0.2, 0.25) is 0 Å². The Bertz CT molecular complexity index is 731. The lowest BCUT2D eigenvalue weighted by Crippen LogP contribution is -2.53. The third-order valence-electron chi connectivity index (χ3n) is 4.93. The number of hydrogen-bond acceptors (Lipinski definition) is 4. The summed E-state index contributed by atoms with van der Waals surface area (Å²) < 4.78 is 5.44. The van der Waals surface area contributed by atoms with Crippen LogP contribution in [0.3, 0.4) is 0 Å². The molecule has 24 heavy (non-hydrogen) atoms. The van der Waals surface area contributed by atoms with Crippen LogP contribution in [0.15, 0.2) is 54.6 Å². The zero-order chi connectivity index (χ0) is 16.5. The third-order valence-corrected chi connectivity index (χ3v) is 4.93. The van der Waals surface area contributed by atoms with E-state index in [1.807, 2.05) is 31.2 Å². The van der Waals surface area contributed by atoms with E-state index in [-0.39, 0.29) is 18.2 Å². The van der Waals surface area contributed by atoms with Gasteiger partial charge in [-0.05, 0) is 38.0 Å². The highest BCUT2D eigenvalue weighted by atomic mass is 16.5. The molecule has 0 amide bonds. The average Bonchev–Trinajstić information content (AvgIpc) is 3.11. The minimum absolute atomic E-state index is 0.166. The second-order valence-corrected chi connectivity index (χ2v) is 6.27. The number of esters is 1. The molecule has 4 nitrogen and oxygen atoms in total. The molecule has 1 saturated heterocycles. The van der Waals surface area contributed by atoms with E-state index in [9.17, 15) is 4.79 Å². The first kappa shape index (κ1) is 15.1. The minimum atomic E-state index is -0.386. The van der Waals surface area contributed by atoms with Gasteiger partial charge in [-0.2, -0.15) is 0 Å². The molecule has 2 aromatic carbocycles. The van der Waals surface area contributed by atoms with Crippen LogP contribution in [-0.2, 0) is 9.53 Å². The SMILES string of the molecule is CCOC(=O)[C@@H]1c2ccccc2N2CCC[C@H]2N1c1ccccc1. The summed E-state index contributed by atoms with van der Waals surface area (Å²) in [7, 11) is 0. The molecule has 2 aliphatic rings. The summed E-state index contributed by atoms with van der Waals surface area (Å²) in [6, 6.07) is 18.1.